The minimum absolute atomic E-state index is 0.0463. The lowest BCUT2D eigenvalue weighted by Crippen LogP contribution is -2.35. The number of aliphatic hydroxyl groups is 1. The molecule has 1 aromatic heterocycles. The van der Waals surface area contributed by atoms with Gasteiger partial charge in [-0.25, -0.2) is 0 Å². The van der Waals surface area contributed by atoms with Crippen molar-refractivity contribution in [2.45, 2.75) is 19.4 Å². The van der Waals surface area contributed by atoms with Gasteiger partial charge in [0.1, 0.15) is 11.5 Å². The van der Waals surface area contributed by atoms with Gasteiger partial charge in [0, 0.05) is 31.2 Å². The van der Waals surface area contributed by atoms with E-state index in [-0.39, 0.29) is 12.0 Å². The highest BCUT2D eigenvalue weighted by atomic mass is 16.6. The highest BCUT2D eigenvalue weighted by molar-refractivity contribution is 5.26. The van der Waals surface area contributed by atoms with Gasteiger partial charge in [-0.1, -0.05) is 18.2 Å². The van der Waals surface area contributed by atoms with E-state index in [4.69, 9.17) is 13.9 Å². The second kappa shape index (κ2) is 7.64. The maximum absolute atomic E-state index is 9.23. The van der Waals surface area contributed by atoms with E-state index < -0.39 is 0 Å². The van der Waals surface area contributed by atoms with E-state index in [0.717, 1.165) is 37.5 Å². The van der Waals surface area contributed by atoms with Gasteiger partial charge < -0.3 is 24.3 Å². The predicted molar refractivity (Wildman–Crippen MR) is 86.5 cm³/mol. The molecule has 124 valence electrons. The van der Waals surface area contributed by atoms with Crippen molar-refractivity contribution in [1.29, 1.82) is 0 Å². The molecule has 23 heavy (non-hydrogen) atoms. The van der Waals surface area contributed by atoms with Gasteiger partial charge in [0.2, 0.25) is 0 Å². The first-order valence-electron chi connectivity index (χ1n) is 8.01. The van der Waals surface area contributed by atoms with Crippen LogP contribution in [0.1, 0.15) is 18.6 Å². The van der Waals surface area contributed by atoms with Crippen molar-refractivity contribution in [3.8, 4) is 11.7 Å². The highest BCUT2D eigenvalue weighted by Crippen LogP contribution is 2.31. The summed E-state index contributed by atoms with van der Waals surface area (Å²) < 4.78 is 16.8. The Morgan fingerprint density at radius 1 is 1.17 bits per heavy atom. The van der Waals surface area contributed by atoms with Crippen LogP contribution in [-0.2, 0) is 11.3 Å². The number of hydrogen-bond donors (Lipinski definition) is 2. The van der Waals surface area contributed by atoms with Gasteiger partial charge in [0.15, 0.2) is 0 Å². The molecule has 0 aliphatic carbocycles. The zero-order valence-electron chi connectivity index (χ0n) is 13.2. The summed E-state index contributed by atoms with van der Waals surface area (Å²) >= 11 is 0. The third kappa shape index (κ3) is 4.34. The summed E-state index contributed by atoms with van der Waals surface area (Å²) in [6.45, 7) is 3.12. The van der Waals surface area contributed by atoms with E-state index in [1.54, 1.807) is 0 Å². The molecule has 0 bridgehead atoms. The van der Waals surface area contributed by atoms with Crippen LogP contribution in [0, 0.1) is 5.41 Å². The quantitative estimate of drug-likeness (QED) is 0.784. The van der Waals surface area contributed by atoms with Crippen molar-refractivity contribution in [2.75, 3.05) is 26.4 Å². The molecular formula is C18H23NO4. The lowest BCUT2D eigenvalue weighted by Gasteiger charge is -2.26. The third-order valence-corrected chi connectivity index (χ3v) is 4.22. The normalized spacial score (nSPS) is 20.7. The van der Waals surface area contributed by atoms with Crippen LogP contribution in [0.25, 0.3) is 0 Å². The first kappa shape index (κ1) is 16.1. The molecule has 0 saturated carbocycles. The molecule has 1 aliphatic rings. The summed E-state index contributed by atoms with van der Waals surface area (Å²) in [6, 6.07) is 13.3. The summed E-state index contributed by atoms with van der Waals surface area (Å²) in [7, 11) is 0. The van der Waals surface area contributed by atoms with Gasteiger partial charge in [-0.15, -0.1) is 0 Å². The van der Waals surface area contributed by atoms with Crippen LogP contribution in [0.2, 0.25) is 0 Å². The number of rotatable bonds is 8. The standard InChI is InChI=1S/C18H23NO4/c20-10-8-18(9-11-21-14-18)13-19-12-16-6-7-17(23-16)22-15-4-2-1-3-5-15/h1-7,19-20H,8-14H2. The van der Waals surface area contributed by atoms with Crippen LogP contribution in [-0.4, -0.2) is 31.5 Å². The molecule has 2 aromatic rings. The van der Waals surface area contributed by atoms with Crippen LogP contribution in [0.3, 0.4) is 0 Å². The molecule has 2 N–H and O–H groups in total. The molecule has 1 saturated heterocycles. The Balaban J connectivity index is 1.49. The van der Waals surface area contributed by atoms with Crippen molar-refractivity contribution in [3.63, 3.8) is 0 Å². The van der Waals surface area contributed by atoms with Gasteiger partial charge in [0.05, 0.1) is 13.2 Å². The maximum Gasteiger partial charge on any atom is 0.290 e. The number of furan rings is 1. The van der Waals surface area contributed by atoms with E-state index in [2.05, 4.69) is 5.32 Å². The minimum Gasteiger partial charge on any atom is -0.429 e. The molecular weight excluding hydrogens is 294 g/mol. The Morgan fingerprint density at radius 2 is 2.04 bits per heavy atom. The summed E-state index contributed by atoms with van der Waals surface area (Å²) in [6.07, 6.45) is 1.75. The predicted octanol–water partition coefficient (Wildman–Crippen LogP) is 2.95. The summed E-state index contributed by atoms with van der Waals surface area (Å²) in [5.74, 6) is 2.07. The van der Waals surface area contributed by atoms with Crippen molar-refractivity contribution in [2.24, 2.45) is 5.41 Å². The second-order valence-corrected chi connectivity index (χ2v) is 6.02. The molecule has 0 spiro atoms. The lowest BCUT2D eigenvalue weighted by atomic mass is 9.84. The maximum atomic E-state index is 9.23. The fourth-order valence-corrected chi connectivity index (χ4v) is 2.88. The molecule has 5 nitrogen and oxygen atoms in total. The molecule has 1 unspecified atom stereocenters. The number of hydrogen-bond acceptors (Lipinski definition) is 5. The first-order valence-corrected chi connectivity index (χ1v) is 8.01. The summed E-state index contributed by atoms with van der Waals surface area (Å²) in [5.41, 5.74) is 0.0463. The van der Waals surface area contributed by atoms with Crippen molar-refractivity contribution >= 4 is 0 Å². The molecule has 1 atom stereocenters. The minimum atomic E-state index is 0.0463. The third-order valence-electron chi connectivity index (χ3n) is 4.22. The lowest BCUT2D eigenvalue weighted by molar-refractivity contribution is 0.123. The van der Waals surface area contributed by atoms with E-state index in [1.165, 1.54) is 0 Å². The van der Waals surface area contributed by atoms with Crippen LogP contribution in [0.5, 0.6) is 11.7 Å². The summed E-state index contributed by atoms with van der Waals surface area (Å²) in [5, 5.41) is 12.6. The average molecular weight is 317 g/mol. The van der Waals surface area contributed by atoms with Crippen LogP contribution in [0.4, 0.5) is 0 Å². The second-order valence-electron chi connectivity index (χ2n) is 6.02. The average Bonchev–Trinajstić information content (AvgIpc) is 3.19. The molecule has 3 rings (SSSR count). The van der Waals surface area contributed by atoms with Crippen LogP contribution in [0.15, 0.2) is 46.9 Å². The zero-order chi connectivity index (χ0) is 16.0. The monoisotopic (exact) mass is 317 g/mol. The fraction of sp³-hybridized carbons (Fsp3) is 0.444. The number of benzene rings is 1. The van der Waals surface area contributed by atoms with Gasteiger partial charge in [-0.05, 0) is 31.0 Å². The molecule has 1 aromatic carbocycles. The van der Waals surface area contributed by atoms with Crippen LogP contribution >= 0.6 is 0 Å². The zero-order valence-corrected chi connectivity index (χ0v) is 13.2. The van der Waals surface area contributed by atoms with Gasteiger partial charge in [0.25, 0.3) is 5.95 Å². The number of nitrogens with one attached hydrogen (secondary N) is 1. The molecule has 2 heterocycles. The molecule has 1 fully saturated rings. The van der Waals surface area contributed by atoms with Crippen molar-refractivity contribution < 1.29 is 19.0 Å². The van der Waals surface area contributed by atoms with Gasteiger partial charge in [-0.2, -0.15) is 0 Å². The SMILES string of the molecule is OCCC1(CNCc2ccc(Oc3ccccc3)o2)CCOC1. The Labute approximate surface area is 136 Å². The van der Waals surface area contributed by atoms with Crippen molar-refractivity contribution in [1.82, 2.24) is 5.32 Å². The Bertz CT molecular complexity index is 590. The van der Waals surface area contributed by atoms with Gasteiger partial charge in [-0.3, -0.25) is 0 Å². The smallest absolute Gasteiger partial charge is 0.290 e. The largest absolute Gasteiger partial charge is 0.429 e. The van der Waals surface area contributed by atoms with Crippen molar-refractivity contribution in [3.05, 3.63) is 48.2 Å². The fourth-order valence-electron chi connectivity index (χ4n) is 2.88. The first-order chi connectivity index (χ1) is 11.3. The molecule has 0 amide bonds. The van der Waals surface area contributed by atoms with E-state index in [1.807, 2.05) is 42.5 Å². The Kier molecular flexibility index (Phi) is 5.33. The highest BCUT2D eigenvalue weighted by Gasteiger charge is 2.33. The number of ether oxygens (including phenoxy) is 2. The van der Waals surface area contributed by atoms with E-state index in [9.17, 15) is 5.11 Å². The summed E-state index contributed by atoms with van der Waals surface area (Å²) in [4.78, 5) is 0. The van der Waals surface area contributed by atoms with E-state index >= 15 is 0 Å². The van der Waals surface area contributed by atoms with Crippen LogP contribution < -0.4 is 10.1 Å². The number of para-hydroxylation sites is 1. The Morgan fingerprint density at radius 3 is 2.78 bits per heavy atom. The molecule has 0 radical (unpaired) electrons. The molecule has 5 heteroatoms. The molecule has 1 aliphatic heterocycles. The Hall–Kier alpha value is -1.82. The number of aliphatic hydroxyl groups excluding tert-OH is 1. The van der Waals surface area contributed by atoms with E-state index in [0.29, 0.717) is 19.1 Å². The topological polar surface area (TPSA) is 63.9 Å². The van der Waals surface area contributed by atoms with Gasteiger partial charge >= 0.3 is 0 Å².